The Kier molecular flexibility index (Phi) is 3.76. The number of halogens is 3. The third-order valence-electron chi connectivity index (χ3n) is 2.96. The zero-order valence-corrected chi connectivity index (χ0v) is 10.2. The number of para-hydroxylation sites is 1. The summed E-state index contributed by atoms with van der Waals surface area (Å²) < 4.78 is 42.3. The van der Waals surface area contributed by atoms with E-state index in [1.165, 1.54) is 18.2 Å². The zero-order valence-electron chi connectivity index (χ0n) is 10.2. The minimum Gasteiger partial charge on any atom is -0.504 e. The number of phenols is 2. The number of phenolic OH excluding ortho intramolecular Hbond substituents is 2. The van der Waals surface area contributed by atoms with Gasteiger partial charge in [-0.1, -0.05) is 6.07 Å². The number of benzene rings is 1. The predicted octanol–water partition coefficient (Wildman–Crippen LogP) is 1.50. The first-order chi connectivity index (χ1) is 9.30. The highest BCUT2D eigenvalue weighted by molar-refractivity contribution is 5.97. The van der Waals surface area contributed by atoms with Crippen LogP contribution in [0.25, 0.3) is 0 Å². The van der Waals surface area contributed by atoms with E-state index >= 15 is 0 Å². The first-order valence-electron chi connectivity index (χ1n) is 5.79. The normalized spacial score (nSPS) is 19.9. The second-order valence-corrected chi connectivity index (χ2v) is 4.33. The Bertz CT molecular complexity index is 518. The molecule has 20 heavy (non-hydrogen) atoms. The fourth-order valence-corrected chi connectivity index (χ4v) is 1.91. The molecule has 1 amide bonds. The number of carbonyl (C=O) groups is 1. The van der Waals surface area contributed by atoms with Crippen LogP contribution in [0.4, 0.5) is 13.2 Å². The van der Waals surface area contributed by atoms with Crippen LogP contribution in [0.1, 0.15) is 10.4 Å². The maximum Gasteiger partial charge on any atom is 0.416 e. The Morgan fingerprint density at radius 2 is 2.05 bits per heavy atom. The van der Waals surface area contributed by atoms with Crippen LogP contribution < -0.4 is 0 Å². The van der Waals surface area contributed by atoms with Gasteiger partial charge in [-0.2, -0.15) is 13.2 Å². The molecule has 2 N–H and O–H groups in total. The molecule has 0 saturated carbocycles. The lowest BCUT2D eigenvalue weighted by molar-refractivity contribution is -0.233. The number of rotatable bonds is 1. The third kappa shape index (κ3) is 2.79. The molecule has 110 valence electrons. The van der Waals surface area contributed by atoms with Gasteiger partial charge in [-0.3, -0.25) is 4.79 Å². The van der Waals surface area contributed by atoms with E-state index in [0.717, 1.165) is 4.90 Å². The van der Waals surface area contributed by atoms with E-state index < -0.39 is 36.2 Å². The van der Waals surface area contributed by atoms with Crippen molar-refractivity contribution in [3.8, 4) is 11.5 Å². The van der Waals surface area contributed by atoms with Crippen molar-refractivity contribution in [3.05, 3.63) is 23.8 Å². The maximum atomic E-state index is 12.6. The average Bonchev–Trinajstić information content (AvgIpc) is 2.40. The zero-order chi connectivity index (χ0) is 14.9. The number of morpholine rings is 1. The van der Waals surface area contributed by atoms with Crippen LogP contribution in [0.2, 0.25) is 0 Å². The van der Waals surface area contributed by atoms with Gasteiger partial charge in [-0.05, 0) is 12.1 Å². The molecule has 1 aliphatic rings. The standard InChI is InChI=1S/C12H12F3NO4/c13-12(14,15)9-6-16(4-5-20-9)11(19)7-2-1-3-8(17)10(7)18/h1-3,9,17-18H,4-6H2/t9-/m0/s1. The van der Waals surface area contributed by atoms with Crippen LogP contribution >= 0.6 is 0 Å². The number of carbonyl (C=O) groups excluding carboxylic acids is 1. The predicted molar refractivity (Wildman–Crippen MR) is 61.5 cm³/mol. The molecule has 1 heterocycles. The van der Waals surface area contributed by atoms with Crippen molar-refractivity contribution in [3.63, 3.8) is 0 Å². The number of aromatic hydroxyl groups is 2. The summed E-state index contributed by atoms with van der Waals surface area (Å²) in [4.78, 5) is 13.0. The van der Waals surface area contributed by atoms with E-state index in [9.17, 15) is 28.2 Å². The molecule has 0 aromatic heterocycles. The lowest BCUT2D eigenvalue weighted by atomic mass is 10.1. The average molecular weight is 291 g/mol. The van der Waals surface area contributed by atoms with E-state index in [4.69, 9.17) is 0 Å². The van der Waals surface area contributed by atoms with Gasteiger partial charge in [0.25, 0.3) is 5.91 Å². The van der Waals surface area contributed by atoms with Crippen LogP contribution in [0.15, 0.2) is 18.2 Å². The highest BCUT2D eigenvalue weighted by Crippen LogP contribution is 2.31. The Balaban J connectivity index is 2.19. The van der Waals surface area contributed by atoms with Gasteiger partial charge < -0.3 is 19.8 Å². The quantitative estimate of drug-likeness (QED) is 0.769. The summed E-state index contributed by atoms with van der Waals surface area (Å²) in [5, 5.41) is 18.9. The van der Waals surface area contributed by atoms with Crippen LogP contribution in [0.5, 0.6) is 11.5 Å². The summed E-state index contributed by atoms with van der Waals surface area (Å²) in [7, 11) is 0. The van der Waals surface area contributed by atoms with Gasteiger partial charge >= 0.3 is 6.18 Å². The summed E-state index contributed by atoms with van der Waals surface area (Å²) >= 11 is 0. The number of nitrogens with zero attached hydrogens (tertiary/aromatic N) is 1. The summed E-state index contributed by atoms with van der Waals surface area (Å²) in [5.41, 5.74) is -0.243. The van der Waals surface area contributed by atoms with Crippen molar-refractivity contribution in [1.29, 1.82) is 0 Å². The molecule has 0 radical (unpaired) electrons. The molecular weight excluding hydrogens is 279 g/mol. The molecule has 1 atom stereocenters. The van der Waals surface area contributed by atoms with Crippen LogP contribution in [0.3, 0.4) is 0 Å². The van der Waals surface area contributed by atoms with Crippen LogP contribution in [-0.2, 0) is 4.74 Å². The molecule has 0 spiro atoms. The number of amides is 1. The first kappa shape index (κ1) is 14.4. The highest BCUT2D eigenvalue weighted by Gasteiger charge is 2.44. The van der Waals surface area contributed by atoms with Crippen molar-refractivity contribution in [2.24, 2.45) is 0 Å². The molecule has 5 nitrogen and oxygen atoms in total. The minimum absolute atomic E-state index is 0.0134. The molecule has 0 aliphatic carbocycles. The Hall–Kier alpha value is -1.96. The number of hydrogen-bond acceptors (Lipinski definition) is 4. The van der Waals surface area contributed by atoms with Gasteiger partial charge in [0.15, 0.2) is 17.6 Å². The van der Waals surface area contributed by atoms with Gasteiger partial charge in [-0.25, -0.2) is 0 Å². The van der Waals surface area contributed by atoms with Gasteiger partial charge in [0, 0.05) is 6.54 Å². The molecule has 1 aliphatic heterocycles. The summed E-state index contributed by atoms with van der Waals surface area (Å²) in [6.45, 7) is -0.895. The molecule has 8 heteroatoms. The molecule has 1 fully saturated rings. The molecule has 2 rings (SSSR count). The van der Waals surface area contributed by atoms with Crippen molar-refractivity contribution in [2.45, 2.75) is 12.3 Å². The molecular formula is C12H12F3NO4. The Morgan fingerprint density at radius 1 is 1.35 bits per heavy atom. The van der Waals surface area contributed by atoms with E-state index in [1.807, 2.05) is 0 Å². The van der Waals surface area contributed by atoms with Gasteiger partial charge in [0.2, 0.25) is 0 Å². The molecule has 1 saturated heterocycles. The van der Waals surface area contributed by atoms with Crippen LogP contribution in [-0.4, -0.2) is 53.0 Å². The second kappa shape index (κ2) is 5.20. The van der Waals surface area contributed by atoms with Crippen LogP contribution in [0, 0.1) is 0 Å². The molecule has 0 unspecified atom stereocenters. The van der Waals surface area contributed by atoms with Crippen molar-refractivity contribution in [2.75, 3.05) is 19.7 Å². The highest BCUT2D eigenvalue weighted by atomic mass is 19.4. The van der Waals surface area contributed by atoms with Crippen molar-refractivity contribution in [1.82, 2.24) is 4.90 Å². The largest absolute Gasteiger partial charge is 0.504 e. The molecule has 1 aromatic carbocycles. The van der Waals surface area contributed by atoms with E-state index in [2.05, 4.69) is 4.74 Å². The lowest BCUT2D eigenvalue weighted by Crippen LogP contribution is -2.51. The number of alkyl halides is 3. The van der Waals surface area contributed by atoms with Gasteiger partial charge in [0.05, 0.1) is 18.7 Å². The lowest BCUT2D eigenvalue weighted by Gasteiger charge is -2.33. The maximum absolute atomic E-state index is 12.6. The summed E-state index contributed by atoms with van der Waals surface area (Å²) in [5.74, 6) is -1.93. The molecule has 0 bridgehead atoms. The summed E-state index contributed by atoms with van der Waals surface area (Å²) in [6, 6.07) is 3.73. The SMILES string of the molecule is O=C(c1cccc(O)c1O)N1CCO[C@H](C(F)(F)F)C1. The Morgan fingerprint density at radius 3 is 2.70 bits per heavy atom. The van der Waals surface area contributed by atoms with Crippen molar-refractivity contribution < 1.29 is 32.9 Å². The smallest absolute Gasteiger partial charge is 0.416 e. The second-order valence-electron chi connectivity index (χ2n) is 4.33. The first-order valence-corrected chi connectivity index (χ1v) is 5.79. The third-order valence-corrected chi connectivity index (χ3v) is 2.96. The van der Waals surface area contributed by atoms with E-state index in [1.54, 1.807) is 0 Å². The Labute approximate surface area is 112 Å². The van der Waals surface area contributed by atoms with Gasteiger partial charge in [0.1, 0.15) is 0 Å². The monoisotopic (exact) mass is 291 g/mol. The van der Waals surface area contributed by atoms with Gasteiger partial charge in [-0.15, -0.1) is 0 Å². The van der Waals surface area contributed by atoms with Crippen molar-refractivity contribution >= 4 is 5.91 Å². The fraction of sp³-hybridized carbons (Fsp3) is 0.417. The minimum atomic E-state index is -4.56. The van der Waals surface area contributed by atoms with E-state index in [0.29, 0.717) is 0 Å². The fourth-order valence-electron chi connectivity index (χ4n) is 1.91. The number of hydrogen-bond donors (Lipinski definition) is 2. The number of ether oxygens (including phenoxy) is 1. The van der Waals surface area contributed by atoms with E-state index in [-0.39, 0.29) is 18.7 Å². The summed E-state index contributed by atoms with van der Waals surface area (Å²) in [6.07, 6.45) is -6.60. The molecule has 1 aromatic rings. The topological polar surface area (TPSA) is 70.0 Å².